The van der Waals surface area contributed by atoms with Crippen molar-refractivity contribution in [3.8, 4) is 11.5 Å². The molecule has 0 aliphatic carbocycles. The molecule has 4 amide bonds. The van der Waals surface area contributed by atoms with E-state index >= 15 is 0 Å². The number of ether oxygens (including phenoxy) is 2. The molecule has 1 heterocycles. The number of amides is 4. The van der Waals surface area contributed by atoms with Crippen molar-refractivity contribution in [2.24, 2.45) is 0 Å². The molecule has 0 spiro atoms. The predicted molar refractivity (Wildman–Crippen MR) is 144 cm³/mol. The fourth-order valence-electron chi connectivity index (χ4n) is 3.50. The number of anilines is 1. The minimum atomic E-state index is -0.821. The van der Waals surface area contributed by atoms with Crippen LogP contribution in [0.25, 0.3) is 6.08 Å². The third-order valence-corrected chi connectivity index (χ3v) is 6.52. The van der Waals surface area contributed by atoms with Gasteiger partial charge in [0.2, 0.25) is 0 Å². The number of rotatable bonds is 7. The summed E-state index contributed by atoms with van der Waals surface area (Å²) in [5.74, 6) is -0.366. The summed E-state index contributed by atoms with van der Waals surface area (Å²) in [7, 11) is 0. The lowest BCUT2D eigenvalue weighted by Gasteiger charge is -2.26. The van der Waals surface area contributed by atoms with Crippen LogP contribution in [0.1, 0.15) is 18.1 Å². The van der Waals surface area contributed by atoms with Crippen molar-refractivity contribution in [2.45, 2.75) is 13.5 Å². The smallest absolute Gasteiger partial charge is 0.335 e. The van der Waals surface area contributed by atoms with Crippen molar-refractivity contribution in [3.63, 3.8) is 0 Å². The average Bonchev–Trinajstić information content (AvgIpc) is 2.82. The molecule has 0 atom stereocenters. The van der Waals surface area contributed by atoms with Gasteiger partial charge in [-0.2, -0.15) is 0 Å². The Kier molecular flexibility index (Phi) is 8.13. The summed E-state index contributed by atoms with van der Waals surface area (Å²) in [6, 6.07) is 16.4. The van der Waals surface area contributed by atoms with Gasteiger partial charge in [-0.15, -0.1) is 0 Å². The standard InChI is InChI=1S/C26H19Br2ClN2O5/c1-2-35-19-8-6-18(7-9-19)31-25(33)20(24(32)30-26(31)34)11-16-12-21(27)23(22(28)13-16)36-14-15-4-3-5-17(29)10-15/h3-13H,2,14H2,1H3,(H,30,32,34)/b20-11+. The highest BCUT2D eigenvalue weighted by molar-refractivity contribution is 9.11. The third kappa shape index (κ3) is 5.80. The fourth-order valence-corrected chi connectivity index (χ4v) is 5.16. The molecular formula is C26H19Br2ClN2O5. The van der Waals surface area contributed by atoms with Crippen LogP contribution in [-0.2, 0) is 16.2 Å². The minimum Gasteiger partial charge on any atom is -0.494 e. The molecule has 1 fully saturated rings. The first-order valence-electron chi connectivity index (χ1n) is 10.8. The molecule has 0 saturated carbocycles. The summed E-state index contributed by atoms with van der Waals surface area (Å²) >= 11 is 13.0. The van der Waals surface area contributed by atoms with E-state index in [0.717, 1.165) is 10.5 Å². The summed E-state index contributed by atoms with van der Waals surface area (Å²) < 4.78 is 12.5. The summed E-state index contributed by atoms with van der Waals surface area (Å²) in [5.41, 5.74) is 1.57. The Bertz CT molecular complexity index is 1350. The van der Waals surface area contributed by atoms with Gasteiger partial charge in [0.05, 0.1) is 21.2 Å². The van der Waals surface area contributed by atoms with Crippen LogP contribution in [0.3, 0.4) is 0 Å². The number of halogens is 3. The van der Waals surface area contributed by atoms with Gasteiger partial charge in [-0.3, -0.25) is 14.9 Å². The molecule has 0 aromatic heterocycles. The SMILES string of the molecule is CCOc1ccc(N2C(=O)NC(=O)/C(=C\c3cc(Br)c(OCc4cccc(Cl)c4)c(Br)c3)C2=O)cc1. The average molecular weight is 635 g/mol. The lowest BCUT2D eigenvalue weighted by atomic mass is 10.1. The van der Waals surface area contributed by atoms with Crippen LogP contribution in [0.5, 0.6) is 11.5 Å². The Balaban J connectivity index is 1.58. The van der Waals surface area contributed by atoms with Gasteiger partial charge in [-0.25, -0.2) is 9.69 Å². The molecule has 1 aliphatic rings. The summed E-state index contributed by atoms with van der Waals surface area (Å²) in [6.45, 7) is 2.63. The Labute approximate surface area is 229 Å². The van der Waals surface area contributed by atoms with Crippen LogP contribution < -0.4 is 19.7 Å². The summed E-state index contributed by atoms with van der Waals surface area (Å²) in [5, 5.41) is 2.84. The summed E-state index contributed by atoms with van der Waals surface area (Å²) in [6.07, 6.45) is 1.42. The van der Waals surface area contributed by atoms with Crippen molar-refractivity contribution in [2.75, 3.05) is 11.5 Å². The van der Waals surface area contributed by atoms with Crippen molar-refractivity contribution in [1.82, 2.24) is 5.32 Å². The van der Waals surface area contributed by atoms with Crippen molar-refractivity contribution < 1.29 is 23.9 Å². The van der Waals surface area contributed by atoms with Gasteiger partial charge in [0, 0.05) is 5.02 Å². The number of imide groups is 2. The lowest BCUT2D eigenvalue weighted by Crippen LogP contribution is -2.54. The van der Waals surface area contributed by atoms with E-state index in [1.165, 1.54) is 6.08 Å². The zero-order valence-electron chi connectivity index (χ0n) is 18.9. The molecule has 1 aliphatic heterocycles. The van der Waals surface area contributed by atoms with Crippen LogP contribution >= 0.6 is 43.5 Å². The third-order valence-electron chi connectivity index (χ3n) is 5.11. The van der Waals surface area contributed by atoms with Crippen LogP contribution in [-0.4, -0.2) is 24.5 Å². The molecule has 184 valence electrons. The van der Waals surface area contributed by atoms with Gasteiger partial charge in [0.25, 0.3) is 11.8 Å². The fraction of sp³-hybridized carbons (Fsp3) is 0.115. The number of hydrogen-bond acceptors (Lipinski definition) is 5. The molecule has 7 nitrogen and oxygen atoms in total. The number of carbonyl (C=O) groups excluding carboxylic acids is 3. The molecule has 10 heteroatoms. The minimum absolute atomic E-state index is 0.185. The highest BCUT2D eigenvalue weighted by Gasteiger charge is 2.36. The first-order valence-corrected chi connectivity index (χ1v) is 12.7. The zero-order chi connectivity index (χ0) is 25.8. The predicted octanol–water partition coefficient (Wildman–Crippen LogP) is 6.51. The van der Waals surface area contributed by atoms with Crippen LogP contribution in [0.4, 0.5) is 10.5 Å². The van der Waals surface area contributed by atoms with Crippen LogP contribution in [0.15, 0.2) is 75.2 Å². The molecule has 3 aromatic rings. The maximum absolute atomic E-state index is 13.2. The zero-order valence-corrected chi connectivity index (χ0v) is 22.8. The molecule has 0 bridgehead atoms. The topological polar surface area (TPSA) is 84.9 Å². The first-order chi connectivity index (χ1) is 17.3. The van der Waals surface area contributed by atoms with E-state index in [0.29, 0.717) is 43.3 Å². The molecule has 0 unspecified atom stereocenters. The number of barbiturate groups is 1. The van der Waals surface area contributed by atoms with E-state index < -0.39 is 17.8 Å². The Hall–Kier alpha value is -3.14. The van der Waals surface area contributed by atoms with Crippen LogP contribution in [0, 0.1) is 0 Å². The van der Waals surface area contributed by atoms with Gasteiger partial charge in [0.15, 0.2) is 0 Å². The van der Waals surface area contributed by atoms with Crippen molar-refractivity contribution in [1.29, 1.82) is 0 Å². The molecule has 36 heavy (non-hydrogen) atoms. The van der Waals surface area contributed by atoms with Gasteiger partial charge in [-0.05, 0) is 105 Å². The van der Waals surface area contributed by atoms with E-state index in [-0.39, 0.29) is 12.2 Å². The molecule has 3 aromatic carbocycles. The Morgan fingerprint density at radius 3 is 2.31 bits per heavy atom. The number of carbonyl (C=O) groups is 3. The first kappa shape index (κ1) is 25.9. The molecule has 1 N–H and O–H groups in total. The van der Waals surface area contributed by atoms with Crippen molar-refractivity contribution >= 4 is 73.1 Å². The normalized spacial score (nSPS) is 14.7. The number of nitrogens with one attached hydrogen (secondary N) is 1. The van der Waals surface area contributed by atoms with E-state index in [1.807, 2.05) is 25.1 Å². The second-order valence-electron chi connectivity index (χ2n) is 7.62. The van der Waals surface area contributed by atoms with Crippen LogP contribution in [0.2, 0.25) is 5.02 Å². The molecule has 1 saturated heterocycles. The largest absolute Gasteiger partial charge is 0.494 e. The second-order valence-corrected chi connectivity index (χ2v) is 9.76. The maximum Gasteiger partial charge on any atom is 0.335 e. The Morgan fingerprint density at radius 2 is 1.67 bits per heavy atom. The van der Waals surface area contributed by atoms with E-state index in [9.17, 15) is 14.4 Å². The van der Waals surface area contributed by atoms with Gasteiger partial charge in [0.1, 0.15) is 23.7 Å². The summed E-state index contributed by atoms with van der Waals surface area (Å²) in [4.78, 5) is 39.1. The van der Waals surface area contributed by atoms with E-state index in [1.54, 1.807) is 42.5 Å². The van der Waals surface area contributed by atoms with E-state index in [4.69, 9.17) is 21.1 Å². The molecule has 0 radical (unpaired) electrons. The van der Waals surface area contributed by atoms with Gasteiger partial charge < -0.3 is 9.47 Å². The lowest BCUT2D eigenvalue weighted by molar-refractivity contribution is -0.122. The molecule has 4 rings (SSSR count). The quantitative estimate of drug-likeness (QED) is 0.237. The highest BCUT2D eigenvalue weighted by Crippen LogP contribution is 2.36. The van der Waals surface area contributed by atoms with Crippen molar-refractivity contribution in [3.05, 3.63) is 91.3 Å². The number of urea groups is 1. The van der Waals surface area contributed by atoms with Gasteiger partial charge >= 0.3 is 6.03 Å². The van der Waals surface area contributed by atoms with Gasteiger partial charge in [-0.1, -0.05) is 23.7 Å². The highest BCUT2D eigenvalue weighted by atomic mass is 79.9. The number of hydrogen-bond donors (Lipinski definition) is 1. The number of benzene rings is 3. The van der Waals surface area contributed by atoms with E-state index in [2.05, 4.69) is 37.2 Å². The monoisotopic (exact) mass is 632 g/mol. The number of nitrogens with zero attached hydrogens (tertiary/aromatic N) is 1. The second kappa shape index (κ2) is 11.3. The Morgan fingerprint density at radius 1 is 0.972 bits per heavy atom. The molecular weight excluding hydrogens is 616 g/mol. The maximum atomic E-state index is 13.2.